The second-order valence-electron chi connectivity index (χ2n) is 10.3. The molecule has 2 aromatic carbocycles. The number of carbonyl (C=O) groups is 1. The van der Waals surface area contributed by atoms with Crippen LogP contribution in [0.1, 0.15) is 66.3 Å². The quantitative estimate of drug-likeness (QED) is 0.218. The van der Waals surface area contributed by atoms with E-state index in [2.05, 4.69) is 27.5 Å². The molecule has 0 amide bonds. The van der Waals surface area contributed by atoms with Gasteiger partial charge in [-0.15, -0.1) is 10.2 Å². The number of imidazole rings is 1. The van der Waals surface area contributed by atoms with Crippen molar-refractivity contribution in [1.82, 2.24) is 30.2 Å². The summed E-state index contributed by atoms with van der Waals surface area (Å²) in [5, 5.41) is 14.4. The second kappa shape index (κ2) is 12.0. The van der Waals surface area contributed by atoms with E-state index in [0.717, 1.165) is 34.5 Å². The van der Waals surface area contributed by atoms with Gasteiger partial charge in [0.2, 0.25) is 5.82 Å². The number of ether oxygens (including phenoxy) is 2. The van der Waals surface area contributed by atoms with E-state index in [0.29, 0.717) is 24.5 Å². The molecule has 12 nitrogen and oxygen atoms in total. The number of aromatic nitrogens is 6. The van der Waals surface area contributed by atoms with E-state index in [4.69, 9.17) is 23.3 Å². The van der Waals surface area contributed by atoms with Crippen LogP contribution in [0, 0.1) is 6.92 Å². The lowest BCUT2D eigenvalue weighted by Crippen LogP contribution is -2.25. The Morgan fingerprint density at radius 1 is 1.07 bits per heavy atom. The lowest BCUT2D eigenvalue weighted by atomic mass is 9.98. The highest BCUT2D eigenvalue weighted by molar-refractivity contribution is 5.89. The van der Waals surface area contributed by atoms with Gasteiger partial charge in [0.1, 0.15) is 17.1 Å². The molecule has 0 saturated carbocycles. The van der Waals surface area contributed by atoms with Crippen molar-refractivity contribution < 1.29 is 23.1 Å². The number of benzene rings is 2. The maximum atomic E-state index is 13.6. The Hall–Kier alpha value is -4.84. The van der Waals surface area contributed by atoms with Gasteiger partial charge in [0.15, 0.2) is 23.8 Å². The standard InChI is InChI=1S/C30H32N6O6/c1-6-9-24-31-26(30(3,4)39-5)25(28(37)40-17-23-18(2)41-29(38)42-23)36(24)16-19-12-14-20(15-13-19)21-10-7-8-11-22(21)27-32-34-35-33-27/h7-8,10-15H,6,9,16-17H2,1-5H3,(H,32,33,34,35). The fourth-order valence-electron chi connectivity index (χ4n) is 4.69. The van der Waals surface area contributed by atoms with Crippen molar-refractivity contribution in [3.05, 3.63) is 93.4 Å². The number of aromatic amines is 1. The number of esters is 1. The van der Waals surface area contributed by atoms with E-state index in [1.807, 2.05) is 66.9 Å². The molecule has 0 atom stereocenters. The van der Waals surface area contributed by atoms with Gasteiger partial charge in [0.05, 0.1) is 0 Å². The Kier molecular flexibility index (Phi) is 8.16. The van der Waals surface area contributed by atoms with Gasteiger partial charge in [0.25, 0.3) is 0 Å². The molecular formula is C30H32N6O6. The van der Waals surface area contributed by atoms with Gasteiger partial charge >= 0.3 is 11.8 Å². The number of H-pyrrole nitrogens is 1. The summed E-state index contributed by atoms with van der Waals surface area (Å²) in [6, 6.07) is 15.9. The first-order valence-corrected chi connectivity index (χ1v) is 13.6. The van der Waals surface area contributed by atoms with E-state index < -0.39 is 17.4 Å². The van der Waals surface area contributed by atoms with Crippen LogP contribution in [-0.2, 0) is 34.6 Å². The average Bonchev–Trinajstić information content (AvgIpc) is 3.72. The predicted molar refractivity (Wildman–Crippen MR) is 152 cm³/mol. The summed E-state index contributed by atoms with van der Waals surface area (Å²) in [6.07, 6.45) is 1.47. The van der Waals surface area contributed by atoms with Gasteiger partial charge in [-0.05, 0) is 49.1 Å². The van der Waals surface area contributed by atoms with Crippen LogP contribution in [0.3, 0.4) is 0 Å². The first-order valence-electron chi connectivity index (χ1n) is 13.6. The van der Waals surface area contributed by atoms with Crippen molar-refractivity contribution in [2.24, 2.45) is 0 Å². The third-order valence-electron chi connectivity index (χ3n) is 7.08. The van der Waals surface area contributed by atoms with Crippen molar-refractivity contribution in [2.45, 2.75) is 59.3 Å². The van der Waals surface area contributed by atoms with Gasteiger partial charge in [0, 0.05) is 25.6 Å². The molecule has 5 aromatic rings. The Balaban J connectivity index is 1.50. The Morgan fingerprint density at radius 2 is 1.81 bits per heavy atom. The van der Waals surface area contributed by atoms with Crippen LogP contribution >= 0.6 is 0 Å². The van der Waals surface area contributed by atoms with Crippen LogP contribution < -0.4 is 5.82 Å². The number of aryl methyl sites for hydroxylation is 2. The molecule has 3 aromatic heterocycles. The van der Waals surface area contributed by atoms with Crippen molar-refractivity contribution in [1.29, 1.82) is 0 Å². The second-order valence-corrected chi connectivity index (χ2v) is 10.3. The molecule has 12 heteroatoms. The lowest BCUT2D eigenvalue weighted by molar-refractivity contribution is 0.0124. The lowest BCUT2D eigenvalue weighted by Gasteiger charge is -2.22. The van der Waals surface area contributed by atoms with E-state index in [1.165, 1.54) is 0 Å². The van der Waals surface area contributed by atoms with Crippen LogP contribution in [0.5, 0.6) is 0 Å². The monoisotopic (exact) mass is 572 g/mol. The summed E-state index contributed by atoms with van der Waals surface area (Å²) < 4.78 is 23.1. The summed E-state index contributed by atoms with van der Waals surface area (Å²) in [6.45, 7) is 7.44. The SMILES string of the molecule is CCCc1nc(C(C)(C)OC)c(C(=O)OCc2oc(=O)oc2C)n1Cc1ccc(-c2ccccc2-c2nn[nH]n2)cc1. The number of nitrogens with one attached hydrogen (secondary N) is 1. The highest BCUT2D eigenvalue weighted by Gasteiger charge is 2.34. The number of nitrogens with zero attached hydrogens (tertiary/aromatic N) is 5. The molecular weight excluding hydrogens is 540 g/mol. The van der Waals surface area contributed by atoms with Gasteiger partial charge < -0.3 is 22.9 Å². The van der Waals surface area contributed by atoms with Gasteiger partial charge in [-0.2, -0.15) is 5.21 Å². The molecule has 5 rings (SSSR count). The summed E-state index contributed by atoms with van der Waals surface area (Å²) in [7, 11) is 1.57. The first kappa shape index (κ1) is 28.7. The largest absolute Gasteiger partial charge is 0.519 e. The third kappa shape index (κ3) is 5.79. The fourth-order valence-corrected chi connectivity index (χ4v) is 4.69. The molecule has 0 aliphatic carbocycles. The van der Waals surface area contributed by atoms with E-state index in [1.54, 1.807) is 14.0 Å². The van der Waals surface area contributed by atoms with E-state index in [9.17, 15) is 9.59 Å². The minimum atomic E-state index is -0.872. The smallest absolute Gasteiger partial charge is 0.453 e. The van der Waals surface area contributed by atoms with Crippen LogP contribution in [0.15, 0.2) is 62.2 Å². The fraction of sp³-hybridized carbons (Fsp3) is 0.333. The Labute approximate surface area is 241 Å². The minimum absolute atomic E-state index is 0.150. The van der Waals surface area contributed by atoms with Crippen LogP contribution in [0.4, 0.5) is 0 Å². The number of hydrogen-bond donors (Lipinski definition) is 1. The highest BCUT2D eigenvalue weighted by Crippen LogP contribution is 2.32. The number of tetrazole rings is 1. The summed E-state index contributed by atoms with van der Waals surface area (Å²) in [5.41, 5.74) is 3.64. The summed E-state index contributed by atoms with van der Waals surface area (Å²) in [5.74, 6) is 0.196. The molecule has 42 heavy (non-hydrogen) atoms. The van der Waals surface area contributed by atoms with Crippen LogP contribution in [-0.4, -0.2) is 43.3 Å². The summed E-state index contributed by atoms with van der Waals surface area (Å²) in [4.78, 5) is 30.0. The molecule has 0 aliphatic rings. The molecule has 1 N–H and O–H groups in total. The maximum Gasteiger partial charge on any atom is 0.519 e. The van der Waals surface area contributed by atoms with Crippen molar-refractivity contribution >= 4 is 5.97 Å². The Morgan fingerprint density at radius 3 is 2.43 bits per heavy atom. The molecule has 0 spiro atoms. The summed E-state index contributed by atoms with van der Waals surface area (Å²) >= 11 is 0. The first-order chi connectivity index (χ1) is 20.2. The Bertz CT molecular complexity index is 1730. The van der Waals surface area contributed by atoms with Crippen LogP contribution in [0.25, 0.3) is 22.5 Å². The molecule has 0 saturated heterocycles. The minimum Gasteiger partial charge on any atom is -0.453 e. The molecule has 0 radical (unpaired) electrons. The van der Waals surface area contributed by atoms with Gasteiger partial charge in [-0.3, -0.25) is 0 Å². The molecule has 0 aliphatic heterocycles. The topological polar surface area (TPSA) is 151 Å². The number of methoxy groups -OCH3 is 1. The molecule has 0 fully saturated rings. The number of carbonyl (C=O) groups excluding carboxylic acids is 1. The molecule has 0 unspecified atom stereocenters. The van der Waals surface area contributed by atoms with Crippen LogP contribution in [0.2, 0.25) is 0 Å². The van der Waals surface area contributed by atoms with E-state index in [-0.39, 0.29) is 23.8 Å². The third-order valence-corrected chi connectivity index (χ3v) is 7.08. The molecule has 0 bridgehead atoms. The molecule has 218 valence electrons. The number of rotatable bonds is 11. The normalized spacial score (nSPS) is 11.6. The maximum absolute atomic E-state index is 13.6. The van der Waals surface area contributed by atoms with Crippen molar-refractivity contribution in [2.75, 3.05) is 7.11 Å². The zero-order chi connectivity index (χ0) is 29.9. The number of hydrogen-bond acceptors (Lipinski definition) is 10. The van der Waals surface area contributed by atoms with Crippen molar-refractivity contribution in [3.63, 3.8) is 0 Å². The van der Waals surface area contributed by atoms with Gasteiger partial charge in [-0.1, -0.05) is 55.5 Å². The van der Waals surface area contributed by atoms with Crippen molar-refractivity contribution in [3.8, 4) is 22.5 Å². The van der Waals surface area contributed by atoms with E-state index >= 15 is 0 Å². The highest BCUT2D eigenvalue weighted by atomic mass is 16.6. The molecule has 3 heterocycles. The van der Waals surface area contributed by atoms with Gasteiger partial charge in [-0.25, -0.2) is 14.6 Å². The zero-order valence-electron chi connectivity index (χ0n) is 24.1. The average molecular weight is 573 g/mol. The predicted octanol–water partition coefficient (Wildman–Crippen LogP) is 4.82. The zero-order valence-corrected chi connectivity index (χ0v) is 24.1.